The predicted octanol–water partition coefficient (Wildman–Crippen LogP) is 0.158. The maximum absolute atomic E-state index is 12.2. The molecule has 0 unspecified atom stereocenters. The maximum atomic E-state index is 12.2. The van der Waals surface area contributed by atoms with E-state index in [-0.39, 0.29) is 29.4 Å². The number of carbonyl (C=O) groups excluding carboxylic acids is 2. The van der Waals surface area contributed by atoms with Crippen molar-refractivity contribution < 1.29 is 22.7 Å². The van der Waals surface area contributed by atoms with Crippen molar-refractivity contribution in [3.05, 3.63) is 0 Å². The molecule has 0 aromatic rings. The Hall–Kier alpha value is -1.31. The monoisotopic (exact) mass is 318 g/mol. The summed E-state index contributed by atoms with van der Waals surface area (Å²) in [6.07, 6.45) is 1.54. The number of hydrogen-bond donors (Lipinski definition) is 1. The van der Waals surface area contributed by atoms with Crippen LogP contribution in [0.2, 0.25) is 0 Å². The van der Waals surface area contributed by atoms with Crippen molar-refractivity contribution in [2.45, 2.75) is 32.2 Å². The fourth-order valence-electron chi connectivity index (χ4n) is 2.80. The molecule has 2 aliphatic heterocycles. The van der Waals surface area contributed by atoms with E-state index in [1.807, 2.05) is 0 Å². The third kappa shape index (κ3) is 4.33. The lowest BCUT2D eigenvalue weighted by molar-refractivity contribution is -0.127. The molecule has 0 saturated carbocycles. The molecule has 0 spiro atoms. The molecule has 2 amide bonds. The lowest BCUT2D eigenvalue weighted by Crippen LogP contribution is -2.48. The van der Waals surface area contributed by atoms with Gasteiger partial charge in [0.25, 0.3) is 0 Å². The molecule has 0 aromatic carbocycles. The highest BCUT2D eigenvalue weighted by molar-refractivity contribution is 7.91. The van der Waals surface area contributed by atoms with E-state index in [2.05, 4.69) is 5.32 Å². The van der Waals surface area contributed by atoms with Crippen molar-refractivity contribution in [2.75, 3.05) is 31.2 Å². The number of sulfone groups is 1. The van der Waals surface area contributed by atoms with Crippen molar-refractivity contribution in [2.24, 2.45) is 5.92 Å². The lowest BCUT2D eigenvalue weighted by Gasteiger charge is -2.31. The van der Waals surface area contributed by atoms with Gasteiger partial charge < -0.3 is 15.0 Å². The SMILES string of the molecule is CCOC(=O)N1CCC[C@H](C(=O)N[C@@H]2CCS(=O)(=O)C2)C1. The quantitative estimate of drug-likeness (QED) is 0.800. The molecular formula is C13H22N2O5S. The summed E-state index contributed by atoms with van der Waals surface area (Å²) in [7, 11) is -3.00. The van der Waals surface area contributed by atoms with Crippen LogP contribution in [0.5, 0.6) is 0 Å². The minimum atomic E-state index is -3.00. The highest BCUT2D eigenvalue weighted by atomic mass is 32.2. The molecule has 0 aromatic heterocycles. The fraction of sp³-hybridized carbons (Fsp3) is 0.846. The zero-order chi connectivity index (χ0) is 15.5. The van der Waals surface area contributed by atoms with Gasteiger partial charge in [0.15, 0.2) is 9.84 Å². The molecule has 120 valence electrons. The zero-order valence-electron chi connectivity index (χ0n) is 12.2. The van der Waals surface area contributed by atoms with Crippen LogP contribution in [0.25, 0.3) is 0 Å². The van der Waals surface area contributed by atoms with Crippen LogP contribution in [-0.4, -0.2) is 62.6 Å². The highest BCUT2D eigenvalue weighted by Gasteiger charge is 2.33. The minimum Gasteiger partial charge on any atom is -0.450 e. The second-order valence-corrected chi connectivity index (χ2v) is 7.82. The lowest BCUT2D eigenvalue weighted by atomic mass is 9.97. The Morgan fingerprint density at radius 2 is 2.10 bits per heavy atom. The van der Waals surface area contributed by atoms with Gasteiger partial charge in [0, 0.05) is 19.1 Å². The summed E-state index contributed by atoms with van der Waals surface area (Å²) in [6, 6.07) is -0.291. The second-order valence-electron chi connectivity index (χ2n) is 5.59. The Balaban J connectivity index is 1.86. The first-order valence-electron chi connectivity index (χ1n) is 7.34. The molecule has 0 aliphatic carbocycles. The predicted molar refractivity (Wildman–Crippen MR) is 76.5 cm³/mol. The van der Waals surface area contributed by atoms with E-state index in [1.165, 1.54) is 0 Å². The van der Waals surface area contributed by atoms with E-state index >= 15 is 0 Å². The first kappa shape index (κ1) is 16.1. The van der Waals surface area contributed by atoms with Crippen LogP contribution in [0.1, 0.15) is 26.2 Å². The molecule has 2 atom stereocenters. The van der Waals surface area contributed by atoms with E-state index in [1.54, 1.807) is 11.8 Å². The molecular weight excluding hydrogens is 296 g/mol. The Morgan fingerprint density at radius 3 is 2.71 bits per heavy atom. The summed E-state index contributed by atoms with van der Waals surface area (Å²) in [6.45, 7) is 2.99. The van der Waals surface area contributed by atoms with Gasteiger partial charge in [-0.2, -0.15) is 0 Å². The summed E-state index contributed by atoms with van der Waals surface area (Å²) < 4.78 is 27.7. The van der Waals surface area contributed by atoms with Crippen LogP contribution >= 0.6 is 0 Å². The molecule has 2 rings (SSSR count). The van der Waals surface area contributed by atoms with Crippen LogP contribution in [-0.2, 0) is 19.4 Å². The smallest absolute Gasteiger partial charge is 0.409 e. The topological polar surface area (TPSA) is 92.8 Å². The number of carbonyl (C=O) groups is 2. The zero-order valence-corrected chi connectivity index (χ0v) is 13.0. The van der Waals surface area contributed by atoms with Crippen molar-refractivity contribution >= 4 is 21.8 Å². The average molecular weight is 318 g/mol. The standard InChI is InChI=1S/C13H22N2O5S/c1-2-20-13(17)15-6-3-4-10(8-15)12(16)14-11-5-7-21(18,19)9-11/h10-11H,2-9H2,1H3,(H,14,16)/t10-,11+/m0/s1. The summed E-state index contributed by atoms with van der Waals surface area (Å²) in [5.41, 5.74) is 0. The first-order valence-corrected chi connectivity index (χ1v) is 9.16. The fourth-order valence-corrected chi connectivity index (χ4v) is 4.47. The highest BCUT2D eigenvalue weighted by Crippen LogP contribution is 2.19. The van der Waals surface area contributed by atoms with Crippen molar-refractivity contribution in [3.8, 4) is 0 Å². The molecule has 8 heteroatoms. The van der Waals surface area contributed by atoms with Crippen molar-refractivity contribution in [1.29, 1.82) is 0 Å². The molecule has 2 fully saturated rings. The van der Waals surface area contributed by atoms with Gasteiger partial charge in [0.2, 0.25) is 5.91 Å². The molecule has 2 aliphatic rings. The number of amides is 2. The van der Waals surface area contributed by atoms with Gasteiger partial charge in [-0.15, -0.1) is 0 Å². The number of piperidine rings is 1. The van der Waals surface area contributed by atoms with Gasteiger partial charge in [-0.05, 0) is 26.2 Å². The van der Waals surface area contributed by atoms with E-state index in [0.29, 0.717) is 32.5 Å². The number of nitrogens with zero attached hydrogens (tertiary/aromatic N) is 1. The van der Waals surface area contributed by atoms with E-state index in [9.17, 15) is 18.0 Å². The molecule has 21 heavy (non-hydrogen) atoms. The summed E-state index contributed by atoms with van der Waals surface area (Å²) in [5, 5.41) is 2.80. The van der Waals surface area contributed by atoms with Crippen LogP contribution in [0.15, 0.2) is 0 Å². The Kier molecular flexibility index (Phi) is 5.08. The van der Waals surface area contributed by atoms with Gasteiger partial charge in [-0.3, -0.25) is 4.79 Å². The number of hydrogen-bond acceptors (Lipinski definition) is 5. The van der Waals surface area contributed by atoms with Crippen molar-refractivity contribution in [1.82, 2.24) is 10.2 Å². The number of rotatable bonds is 3. The number of ether oxygens (including phenoxy) is 1. The van der Waals surface area contributed by atoms with Gasteiger partial charge >= 0.3 is 6.09 Å². The Morgan fingerprint density at radius 1 is 1.33 bits per heavy atom. The largest absolute Gasteiger partial charge is 0.450 e. The summed E-state index contributed by atoms with van der Waals surface area (Å²) >= 11 is 0. The number of likely N-dealkylation sites (tertiary alicyclic amines) is 1. The summed E-state index contributed by atoms with van der Waals surface area (Å²) in [5.74, 6) is -0.289. The molecule has 0 radical (unpaired) electrons. The average Bonchev–Trinajstić information content (AvgIpc) is 2.78. The van der Waals surface area contributed by atoms with Gasteiger partial charge in [0.05, 0.1) is 24.0 Å². The van der Waals surface area contributed by atoms with Crippen molar-refractivity contribution in [3.63, 3.8) is 0 Å². The third-order valence-corrected chi connectivity index (χ3v) is 5.66. The molecule has 2 saturated heterocycles. The minimum absolute atomic E-state index is 0.0209. The molecule has 2 heterocycles. The molecule has 1 N–H and O–H groups in total. The Labute approximate surface area is 124 Å². The Bertz CT molecular complexity index is 505. The van der Waals surface area contributed by atoms with Gasteiger partial charge in [-0.25, -0.2) is 13.2 Å². The van der Waals surface area contributed by atoms with Crippen LogP contribution in [0.4, 0.5) is 4.79 Å². The van der Waals surface area contributed by atoms with E-state index < -0.39 is 15.9 Å². The first-order chi connectivity index (χ1) is 9.91. The molecule has 7 nitrogen and oxygen atoms in total. The summed E-state index contributed by atoms with van der Waals surface area (Å²) in [4.78, 5) is 25.4. The van der Waals surface area contributed by atoms with E-state index in [0.717, 1.165) is 6.42 Å². The third-order valence-electron chi connectivity index (χ3n) is 3.90. The number of nitrogens with one attached hydrogen (secondary N) is 1. The van der Waals surface area contributed by atoms with E-state index in [4.69, 9.17) is 4.74 Å². The van der Waals surface area contributed by atoms with Crippen LogP contribution < -0.4 is 5.32 Å². The molecule has 0 bridgehead atoms. The normalized spacial score (nSPS) is 28.1. The van der Waals surface area contributed by atoms with Crippen LogP contribution in [0.3, 0.4) is 0 Å². The van der Waals surface area contributed by atoms with Crippen LogP contribution in [0, 0.1) is 5.92 Å². The second kappa shape index (κ2) is 6.64. The van der Waals surface area contributed by atoms with Gasteiger partial charge in [-0.1, -0.05) is 0 Å². The van der Waals surface area contributed by atoms with Gasteiger partial charge in [0.1, 0.15) is 0 Å². The maximum Gasteiger partial charge on any atom is 0.409 e.